The van der Waals surface area contributed by atoms with Crippen molar-refractivity contribution >= 4 is 16.0 Å². The quantitative estimate of drug-likeness (QED) is 0.334. The Labute approximate surface area is 122 Å². The number of amides is 1. The standard InChI is InChI=1S/C14H27NO4S/c1-2-3-4-5-6-7-8-9-10-11-13(16)15-12-14(15)20(17,18)19/h14H,2-12H2,1H3,(H,17,18,19)/p-1. The van der Waals surface area contributed by atoms with Crippen molar-refractivity contribution < 1.29 is 17.8 Å². The van der Waals surface area contributed by atoms with Crippen LogP contribution in [0.1, 0.15) is 71.1 Å². The van der Waals surface area contributed by atoms with Crippen LogP contribution in [-0.2, 0) is 14.9 Å². The van der Waals surface area contributed by atoms with Gasteiger partial charge in [-0.25, -0.2) is 8.42 Å². The lowest BCUT2D eigenvalue weighted by Gasteiger charge is -2.07. The summed E-state index contributed by atoms with van der Waals surface area (Å²) >= 11 is 0. The van der Waals surface area contributed by atoms with E-state index in [1.165, 1.54) is 38.5 Å². The first-order chi connectivity index (χ1) is 9.46. The zero-order chi connectivity index (χ0) is 15.0. The van der Waals surface area contributed by atoms with E-state index in [1.54, 1.807) is 0 Å². The van der Waals surface area contributed by atoms with Crippen LogP contribution in [0.5, 0.6) is 0 Å². The Morgan fingerprint density at radius 1 is 1.05 bits per heavy atom. The van der Waals surface area contributed by atoms with Gasteiger partial charge in [0.2, 0.25) is 5.91 Å². The van der Waals surface area contributed by atoms with E-state index < -0.39 is 15.5 Å². The SMILES string of the molecule is CCCCCCCCCCCC(=O)N1CC1S(=O)(=O)[O-]. The molecule has 0 saturated carbocycles. The molecule has 1 aliphatic rings. The summed E-state index contributed by atoms with van der Waals surface area (Å²) in [4.78, 5) is 12.8. The molecule has 1 unspecified atom stereocenters. The number of nitrogens with zero attached hydrogens (tertiary/aromatic N) is 1. The van der Waals surface area contributed by atoms with Gasteiger partial charge in [0, 0.05) is 6.42 Å². The molecule has 1 aliphatic heterocycles. The highest BCUT2D eigenvalue weighted by molar-refractivity contribution is 7.86. The average Bonchev–Trinajstić information content (AvgIpc) is 3.16. The highest BCUT2D eigenvalue weighted by Gasteiger charge is 2.42. The zero-order valence-corrected chi connectivity index (χ0v) is 13.2. The van der Waals surface area contributed by atoms with Crippen molar-refractivity contribution in [2.75, 3.05) is 6.54 Å². The minimum atomic E-state index is -4.32. The summed E-state index contributed by atoms with van der Waals surface area (Å²) in [6, 6.07) is 0. The molecule has 1 rings (SSSR count). The van der Waals surface area contributed by atoms with Gasteiger partial charge in [0.1, 0.15) is 15.5 Å². The van der Waals surface area contributed by atoms with Gasteiger partial charge in [-0.2, -0.15) is 0 Å². The largest absolute Gasteiger partial charge is 0.746 e. The second-order valence-corrected chi connectivity index (χ2v) is 7.10. The summed E-state index contributed by atoms with van der Waals surface area (Å²) < 4.78 is 32.0. The first-order valence-corrected chi connectivity index (χ1v) is 9.18. The maximum absolute atomic E-state index is 11.6. The average molecular weight is 304 g/mol. The molecule has 1 amide bonds. The molecule has 1 heterocycles. The molecule has 1 atom stereocenters. The van der Waals surface area contributed by atoms with Crippen molar-refractivity contribution in [3.63, 3.8) is 0 Å². The maximum Gasteiger partial charge on any atom is 0.223 e. The summed E-state index contributed by atoms with van der Waals surface area (Å²) in [6.07, 6.45) is 10.9. The van der Waals surface area contributed by atoms with E-state index in [4.69, 9.17) is 0 Å². The van der Waals surface area contributed by atoms with Gasteiger partial charge in [0.15, 0.2) is 0 Å². The third-order valence-electron chi connectivity index (χ3n) is 3.71. The summed E-state index contributed by atoms with van der Waals surface area (Å²) in [7, 11) is -4.32. The fraction of sp³-hybridized carbons (Fsp3) is 0.929. The fourth-order valence-electron chi connectivity index (χ4n) is 2.36. The normalized spacial score (nSPS) is 18.3. The van der Waals surface area contributed by atoms with Crippen LogP contribution in [0.4, 0.5) is 0 Å². The molecule has 0 N–H and O–H groups in total. The molecule has 118 valence electrons. The van der Waals surface area contributed by atoms with Crippen LogP contribution in [0.25, 0.3) is 0 Å². The van der Waals surface area contributed by atoms with E-state index in [9.17, 15) is 17.8 Å². The molecule has 6 heteroatoms. The number of rotatable bonds is 11. The highest BCUT2D eigenvalue weighted by atomic mass is 32.2. The summed E-state index contributed by atoms with van der Waals surface area (Å²) in [6.45, 7) is 2.29. The van der Waals surface area contributed by atoms with Gasteiger partial charge < -0.3 is 9.45 Å². The molecule has 1 fully saturated rings. The van der Waals surface area contributed by atoms with Crippen molar-refractivity contribution in [1.82, 2.24) is 4.90 Å². The Hall–Kier alpha value is -0.620. The van der Waals surface area contributed by atoms with Gasteiger partial charge in [-0.15, -0.1) is 0 Å². The zero-order valence-electron chi connectivity index (χ0n) is 12.3. The van der Waals surface area contributed by atoms with Crippen molar-refractivity contribution in [3.05, 3.63) is 0 Å². The number of unbranched alkanes of at least 4 members (excludes halogenated alkanes) is 8. The molecule has 20 heavy (non-hydrogen) atoms. The van der Waals surface area contributed by atoms with E-state index in [0.29, 0.717) is 6.42 Å². The Kier molecular flexibility index (Phi) is 7.51. The van der Waals surface area contributed by atoms with E-state index >= 15 is 0 Å². The van der Waals surface area contributed by atoms with Crippen LogP contribution in [0, 0.1) is 0 Å². The van der Waals surface area contributed by atoms with E-state index in [1.807, 2.05) is 0 Å². The lowest BCUT2D eigenvalue weighted by Crippen LogP contribution is -2.18. The Balaban J connectivity index is 1.94. The van der Waals surface area contributed by atoms with Crippen LogP contribution in [-0.4, -0.2) is 35.7 Å². The third-order valence-corrected chi connectivity index (χ3v) is 4.78. The van der Waals surface area contributed by atoms with Gasteiger partial charge in [0.25, 0.3) is 0 Å². The number of carbonyl (C=O) groups is 1. The molecule has 1 saturated heterocycles. The molecule has 0 aromatic heterocycles. The van der Waals surface area contributed by atoms with Crippen molar-refractivity contribution in [2.45, 2.75) is 76.5 Å². The molecule has 0 aromatic rings. The van der Waals surface area contributed by atoms with E-state index in [2.05, 4.69) is 6.92 Å². The molecule has 0 aromatic carbocycles. The van der Waals surface area contributed by atoms with Gasteiger partial charge >= 0.3 is 0 Å². The van der Waals surface area contributed by atoms with Crippen molar-refractivity contribution in [2.24, 2.45) is 0 Å². The van der Waals surface area contributed by atoms with E-state index in [0.717, 1.165) is 24.2 Å². The molecule has 0 radical (unpaired) electrons. The van der Waals surface area contributed by atoms with Crippen LogP contribution in [0.15, 0.2) is 0 Å². The molecule has 0 spiro atoms. The van der Waals surface area contributed by atoms with Gasteiger partial charge in [-0.3, -0.25) is 4.79 Å². The van der Waals surface area contributed by atoms with Gasteiger partial charge in [0.05, 0.1) is 6.54 Å². The van der Waals surface area contributed by atoms with Crippen LogP contribution < -0.4 is 0 Å². The van der Waals surface area contributed by atoms with Crippen molar-refractivity contribution in [3.8, 4) is 0 Å². The Bertz CT molecular complexity index is 394. The minimum Gasteiger partial charge on any atom is -0.746 e. The minimum absolute atomic E-state index is 0.0854. The molecule has 0 bridgehead atoms. The first kappa shape index (κ1) is 17.4. The van der Waals surface area contributed by atoms with Crippen molar-refractivity contribution in [1.29, 1.82) is 0 Å². The highest BCUT2D eigenvalue weighted by Crippen LogP contribution is 2.24. The Morgan fingerprint density at radius 2 is 1.55 bits per heavy atom. The second-order valence-electron chi connectivity index (χ2n) is 5.57. The summed E-state index contributed by atoms with van der Waals surface area (Å²) in [5.41, 5.74) is 0. The smallest absolute Gasteiger partial charge is 0.223 e. The summed E-state index contributed by atoms with van der Waals surface area (Å²) in [5.74, 6) is -0.197. The van der Waals surface area contributed by atoms with Crippen LogP contribution in [0.3, 0.4) is 0 Å². The first-order valence-electron chi connectivity index (χ1n) is 7.71. The fourth-order valence-corrected chi connectivity index (χ4v) is 3.13. The monoisotopic (exact) mass is 304 g/mol. The van der Waals surface area contributed by atoms with E-state index in [-0.39, 0.29) is 12.5 Å². The predicted octanol–water partition coefficient (Wildman–Crippen LogP) is 2.62. The number of carbonyl (C=O) groups excluding carboxylic acids is 1. The second kappa shape index (κ2) is 8.62. The molecular formula is C14H26NO4S-. The maximum atomic E-state index is 11.6. The lowest BCUT2D eigenvalue weighted by atomic mass is 10.1. The molecule has 5 nitrogen and oxygen atoms in total. The summed E-state index contributed by atoms with van der Waals surface area (Å²) in [5, 5.41) is -1.09. The molecular weight excluding hydrogens is 278 g/mol. The number of hydrogen-bond acceptors (Lipinski definition) is 4. The Morgan fingerprint density at radius 3 is 2.00 bits per heavy atom. The predicted molar refractivity (Wildman–Crippen MR) is 77.0 cm³/mol. The van der Waals surface area contributed by atoms with Crippen LogP contribution in [0.2, 0.25) is 0 Å². The van der Waals surface area contributed by atoms with Gasteiger partial charge in [-0.05, 0) is 6.42 Å². The molecule has 0 aliphatic carbocycles. The number of hydrogen-bond donors (Lipinski definition) is 0. The lowest BCUT2D eigenvalue weighted by molar-refractivity contribution is -0.126. The topological polar surface area (TPSA) is 77.3 Å². The third kappa shape index (κ3) is 6.70. The van der Waals surface area contributed by atoms with Gasteiger partial charge in [-0.1, -0.05) is 58.3 Å². The van der Waals surface area contributed by atoms with Crippen LogP contribution >= 0.6 is 0 Å².